The second-order valence-electron chi connectivity index (χ2n) is 6.24. The number of halogens is 1. The molecule has 0 radical (unpaired) electrons. The smallest absolute Gasteiger partial charge is 0.142 e. The predicted octanol–water partition coefficient (Wildman–Crippen LogP) is 4.36. The molecule has 124 valence electrons. The zero-order valence-corrected chi connectivity index (χ0v) is 14.7. The maximum Gasteiger partial charge on any atom is 0.142 e. The van der Waals surface area contributed by atoms with Gasteiger partial charge in [-0.05, 0) is 49.4 Å². The fourth-order valence-corrected chi connectivity index (χ4v) is 3.44. The minimum Gasteiger partial charge on any atom is -0.339 e. The summed E-state index contributed by atoms with van der Waals surface area (Å²) in [6.07, 6.45) is 0. The van der Waals surface area contributed by atoms with Crippen LogP contribution in [0.25, 0.3) is 5.69 Å². The van der Waals surface area contributed by atoms with E-state index in [-0.39, 0.29) is 5.92 Å². The van der Waals surface area contributed by atoms with E-state index in [0.29, 0.717) is 10.6 Å². The van der Waals surface area contributed by atoms with Gasteiger partial charge in [-0.3, -0.25) is 4.57 Å². The molecule has 0 bridgehead atoms. The van der Waals surface area contributed by atoms with Crippen molar-refractivity contribution >= 4 is 23.0 Å². The number of hydrogen-bond donors (Lipinski definition) is 0. The molecule has 1 aromatic heterocycles. The zero-order valence-electron chi connectivity index (χ0n) is 13.9. The lowest BCUT2D eigenvalue weighted by Gasteiger charge is -2.26. The summed E-state index contributed by atoms with van der Waals surface area (Å²) in [5, 5.41) is 18.7. The Labute approximate surface area is 151 Å². The van der Waals surface area contributed by atoms with E-state index in [1.807, 2.05) is 49.4 Å². The van der Waals surface area contributed by atoms with Crippen molar-refractivity contribution in [3.8, 4) is 11.8 Å². The van der Waals surface area contributed by atoms with E-state index in [1.54, 1.807) is 0 Å². The molecule has 0 saturated heterocycles. The van der Waals surface area contributed by atoms with Crippen molar-refractivity contribution < 1.29 is 0 Å². The highest BCUT2D eigenvalue weighted by Gasteiger charge is 2.28. The summed E-state index contributed by atoms with van der Waals surface area (Å²) < 4.78 is 2.08. The lowest BCUT2D eigenvalue weighted by Crippen LogP contribution is -2.22. The van der Waals surface area contributed by atoms with Gasteiger partial charge in [-0.1, -0.05) is 18.5 Å². The van der Waals surface area contributed by atoms with Crippen LogP contribution in [0.2, 0.25) is 5.02 Å². The van der Waals surface area contributed by atoms with Gasteiger partial charge in [0.05, 0.1) is 23.0 Å². The van der Waals surface area contributed by atoms with Gasteiger partial charge in [0, 0.05) is 23.2 Å². The average molecular weight is 350 g/mol. The monoisotopic (exact) mass is 349 g/mol. The van der Waals surface area contributed by atoms with E-state index in [9.17, 15) is 5.26 Å². The summed E-state index contributed by atoms with van der Waals surface area (Å²) in [5.41, 5.74) is 3.61. The first-order valence-electron chi connectivity index (χ1n) is 8.08. The lowest BCUT2D eigenvalue weighted by molar-refractivity contribution is 0.696. The van der Waals surface area contributed by atoms with Crippen molar-refractivity contribution in [3.63, 3.8) is 0 Å². The molecule has 1 aliphatic rings. The van der Waals surface area contributed by atoms with Gasteiger partial charge in [-0.15, -0.1) is 10.2 Å². The predicted molar refractivity (Wildman–Crippen MR) is 97.7 cm³/mol. The molecule has 0 saturated carbocycles. The molecule has 5 nitrogen and oxygen atoms in total. The number of aryl methyl sites for hydroxylation is 1. The van der Waals surface area contributed by atoms with Crippen molar-refractivity contribution in [2.75, 3.05) is 11.4 Å². The van der Waals surface area contributed by atoms with E-state index in [4.69, 9.17) is 11.6 Å². The molecule has 0 spiro atoms. The molecular weight excluding hydrogens is 334 g/mol. The molecule has 0 aliphatic carbocycles. The highest BCUT2D eigenvalue weighted by Crippen LogP contribution is 2.38. The summed E-state index contributed by atoms with van der Waals surface area (Å²) in [6, 6.07) is 15.7. The third kappa shape index (κ3) is 2.55. The average Bonchev–Trinajstić information content (AvgIpc) is 2.95. The zero-order chi connectivity index (χ0) is 17.6. The molecular formula is C19H16ClN5. The van der Waals surface area contributed by atoms with Crippen LogP contribution in [-0.4, -0.2) is 21.3 Å². The standard InChI is InChI=1S/C19H16ClN5/c1-12-11-24(16-6-4-15(20)5-7-16)18-9-14(10-21)3-8-17(18)25-13(2)22-23-19(12)25/h3-9,12H,11H2,1-2H3/t12-/m1/s1. The third-order valence-corrected chi connectivity index (χ3v) is 4.77. The van der Waals surface area contributed by atoms with Crippen LogP contribution >= 0.6 is 11.6 Å². The minimum atomic E-state index is 0.176. The van der Waals surface area contributed by atoms with Crippen LogP contribution < -0.4 is 4.90 Å². The molecule has 0 N–H and O–H groups in total. The Morgan fingerprint density at radius 1 is 1.12 bits per heavy atom. The first-order chi connectivity index (χ1) is 12.1. The molecule has 25 heavy (non-hydrogen) atoms. The molecule has 6 heteroatoms. The van der Waals surface area contributed by atoms with Gasteiger partial charge < -0.3 is 4.90 Å². The topological polar surface area (TPSA) is 57.7 Å². The van der Waals surface area contributed by atoms with Crippen molar-refractivity contribution in [1.82, 2.24) is 14.8 Å². The second-order valence-corrected chi connectivity index (χ2v) is 6.68. The highest BCUT2D eigenvalue weighted by molar-refractivity contribution is 6.30. The maximum absolute atomic E-state index is 9.35. The Balaban J connectivity index is 1.98. The Hall–Kier alpha value is -2.84. The van der Waals surface area contributed by atoms with Crippen LogP contribution in [0.1, 0.15) is 30.1 Å². The molecule has 0 fully saturated rings. The number of nitriles is 1. The highest BCUT2D eigenvalue weighted by atomic mass is 35.5. The fraction of sp³-hybridized carbons (Fsp3) is 0.211. The Kier molecular flexibility index (Phi) is 3.70. The number of benzene rings is 2. The largest absolute Gasteiger partial charge is 0.339 e. The van der Waals surface area contributed by atoms with Gasteiger partial charge in [0.15, 0.2) is 0 Å². The number of aromatic nitrogens is 3. The fourth-order valence-electron chi connectivity index (χ4n) is 3.31. The number of hydrogen-bond acceptors (Lipinski definition) is 4. The summed E-state index contributed by atoms with van der Waals surface area (Å²) in [4.78, 5) is 2.21. The molecule has 2 aromatic carbocycles. The first kappa shape index (κ1) is 15.7. The van der Waals surface area contributed by atoms with Gasteiger partial charge in [0.2, 0.25) is 0 Å². The van der Waals surface area contributed by atoms with Crippen LogP contribution in [0.3, 0.4) is 0 Å². The van der Waals surface area contributed by atoms with E-state index < -0.39 is 0 Å². The molecule has 2 heterocycles. The summed E-state index contributed by atoms with van der Waals surface area (Å²) in [5.74, 6) is 1.94. The number of anilines is 2. The Morgan fingerprint density at radius 2 is 1.88 bits per heavy atom. The summed E-state index contributed by atoms with van der Waals surface area (Å²) in [6.45, 7) is 4.82. The quantitative estimate of drug-likeness (QED) is 0.655. The molecule has 0 amide bonds. The van der Waals surface area contributed by atoms with Crippen molar-refractivity contribution in [3.05, 3.63) is 64.7 Å². The molecule has 4 rings (SSSR count). The van der Waals surface area contributed by atoms with Crippen LogP contribution in [0.5, 0.6) is 0 Å². The lowest BCUT2D eigenvalue weighted by atomic mass is 10.1. The third-order valence-electron chi connectivity index (χ3n) is 4.52. The molecule has 3 aromatic rings. The normalized spacial score (nSPS) is 15.9. The van der Waals surface area contributed by atoms with Crippen LogP contribution in [0, 0.1) is 18.3 Å². The van der Waals surface area contributed by atoms with Crippen LogP contribution in [0.4, 0.5) is 11.4 Å². The van der Waals surface area contributed by atoms with E-state index >= 15 is 0 Å². The molecule has 1 atom stereocenters. The summed E-state index contributed by atoms with van der Waals surface area (Å²) in [7, 11) is 0. The van der Waals surface area contributed by atoms with E-state index in [2.05, 4.69) is 32.7 Å². The number of rotatable bonds is 1. The van der Waals surface area contributed by atoms with Crippen LogP contribution in [0.15, 0.2) is 42.5 Å². The van der Waals surface area contributed by atoms with Crippen molar-refractivity contribution in [2.45, 2.75) is 19.8 Å². The van der Waals surface area contributed by atoms with Gasteiger partial charge >= 0.3 is 0 Å². The Bertz CT molecular complexity index is 984. The second kappa shape index (κ2) is 5.91. The molecule has 0 unspecified atom stereocenters. The molecule has 1 aliphatic heterocycles. The number of nitrogens with zero attached hydrogens (tertiary/aromatic N) is 5. The number of fused-ring (bicyclic) bond motifs is 3. The summed E-state index contributed by atoms with van der Waals surface area (Å²) >= 11 is 6.05. The van der Waals surface area contributed by atoms with Crippen LogP contribution in [-0.2, 0) is 0 Å². The van der Waals surface area contributed by atoms with Crippen molar-refractivity contribution in [1.29, 1.82) is 5.26 Å². The van der Waals surface area contributed by atoms with Crippen molar-refractivity contribution in [2.24, 2.45) is 0 Å². The Morgan fingerprint density at radius 3 is 2.60 bits per heavy atom. The maximum atomic E-state index is 9.35. The first-order valence-corrected chi connectivity index (χ1v) is 8.46. The van der Waals surface area contributed by atoms with Gasteiger partial charge in [-0.2, -0.15) is 5.26 Å². The van der Waals surface area contributed by atoms with E-state index in [0.717, 1.165) is 35.3 Å². The van der Waals surface area contributed by atoms with E-state index in [1.165, 1.54) is 0 Å². The van der Waals surface area contributed by atoms with Gasteiger partial charge in [0.1, 0.15) is 11.6 Å². The SMILES string of the molecule is Cc1nnc2n1-c1ccc(C#N)cc1N(c1ccc(Cl)cc1)C[C@H]2C. The van der Waals surface area contributed by atoms with Gasteiger partial charge in [0.25, 0.3) is 0 Å². The minimum absolute atomic E-state index is 0.176. The van der Waals surface area contributed by atoms with Gasteiger partial charge in [-0.25, -0.2) is 0 Å².